The van der Waals surface area contributed by atoms with E-state index in [0.29, 0.717) is 0 Å². The molecule has 0 fully saturated rings. The molecule has 0 saturated heterocycles. The Balaban J connectivity index is 2.03. The highest BCUT2D eigenvalue weighted by atomic mass is 19.1. The lowest BCUT2D eigenvalue weighted by molar-refractivity contribution is 0.587. The minimum Gasteiger partial charge on any atom is -0.206 e. The van der Waals surface area contributed by atoms with E-state index in [2.05, 4.69) is 13.0 Å². The Morgan fingerprint density at radius 2 is 1.75 bits per heavy atom. The molecule has 0 unspecified atom stereocenters. The van der Waals surface area contributed by atoms with Crippen molar-refractivity contribution in [2.45, 2.75) is 58.3 Å². The quantitative estimate of drug-likeness (QED) is 0.547. The molecule has 1 heteroatoms. The van der Waals surface area contributed by atoms with Crippen molar-refractivity contribution in [3.8, 4) is 0 Å². The lowest BCUT2D eigenvalue weighted by atomic mass is 10.0. The van der Waals surface area contributed by atoms with E-state index in [4.69, 9.17) is 0 Å². The van der Waals surface area contributed by atoms with Gasteiger partial charge in [0.25, 0.3) is 0 Å². The first kappa shape index (κ1) is 13.2. The monoisotopic (exact) mass is 221 g/mol. The molecule has 0 aliphatic rings. The second kappa shape index (κ2) is 8.32. The van der Waals surface area contributed by atoms with E-state index in [-0.39, 0.29) is 5.82 Å². The minimum atomic E-state index is -0.236. The van der Waals surface area contributed by atoms with E-state index in [9.17, 15) is 4.39 Å². The highest BCUT2D eigenvalue weighted by Crippen LogP contribution is 2.11. The topological polar surface area (TPSA) is 0 Å². The molecule has 16 heavy (non-hydrogen) atoms. The van der Waals surface area contributed by atoms with Crippen LogP contribution in [-0.4, -0.2) is 0 Å². The average molecular weight is 221 g/mol. The summed E-state index contributed by atoms with van der Waals surface area (Å²) >= 11 is 0. The van der Waals surface area contributed by atoms with Crippen LogP contribution in [-0.2, 0) is 6.42 Å². The molecule has 89 valence electrons. The Hall–Kier alpha value is -0.850. The molecule has 0 N–H and O–H groups in total. The van der Waals surface area contributed by atoms with Gasteiger partial charge in [0, 0.05) is 6.07 Å². The van der Waals surface area contributed by atoms with Gasteiger partial charge in [-0.25, -0.2) is 4.39 Å². The van der Waals surface area contributed by atoms with Gasteiger partial charge in [-0.2, -0.15) is 0 Å². The van der Waals surface area contributed by atoms with Crippen molar-refractivity contribution in [1.82, 2.24) is 0 Å². The Morgan fingerprint density at radius 1 is 1.06 bits per heavy atom. The summed E-state index contributed by atoms with van der Waals surface area (Å²) in [6, 6.07) is 7.76. The molecular formula is C15H22F. The van der Waals surface area contributed by atoms with Gasteiger partial charge in [-0.1, -0.05) is 57.6 Å². The Kier molecular flexibility index (Phi) is 6.87. The van der Waals surface area contributed by atoms with Gasteiger partial charge < -0.3 is 0 Å². The van der Waals surface area contributed by atoms with Crippen molar-refractivity contribution in [3.05, 3.63) is 35.6 Å². The fourth-order valence-electron chi connectivity index (χ4n) is 1.92. The Labute approximate surface area is 98.9 Å². The van der Waals surface area contributed by atoms with Crippen LogP contribution >= 0.6 is 0 Å². The van der Waals surface area contributed by atoms with Crippen LogP contribution in [0, 0.1) is 11.9 Å². The Bertz CT molecular complexity index is 281. The first-order valence-electron chi connectivity index (χ1n) is 6.49. The van der Waals surface area contributed by atoms with Gasteiger partial charge >= 0.3 is 0 Å². The molecule has 0 bridgehead atoms. The number of rotatable bonds is 8. The molecule has 1 rings (SSSR count). The first-order chi connectivity index (χ1) is 7.83. The summed E-state index contributed by atoms with van der Waals surface area (Å²) < 4.78 is 12.8. The summed E-state index contributed by atoms with van der Waals surface area (Å²) in [4.78, 5) is 0. The summed E-state index contributed by atoms with van der Waals surface area (Å²) in [6.45, 7) is 2.24. The van der Waals surface area contributed by atoms with Gasteiger partial charge in [-0.15, -0.1) is 0 Å². The van der Waals surface area contributed by atoms with Crippen molar-refractivity contribution in [2.24, 2.45) is 0 Å². The highest BCUT2D eigenvalue weighted by Gasteiger charge is 1.96. The van der Waals surface area contributed by atoms with Crippen LogP contribution in [0.3, 0.4) is 0 Å². The van der Waals surface area contributed by atoms with Gasteiger partial charge in [-0.3, -0.25) is 0 Å². The fraction of sp³-hybridized carbons (Fsp3) is 0.600. The van der Waals surface area contributed by atoms with Gasteiger partial charge in [0.15, 0.2) is 0 Å². The predicted molar refractivity (Wildman–Crippen MR) is 66.9 cm³/mol. The SMILES string of the molecule is CCCCCCCCCc1cc[c]c(F)c1. The van der Waals surface area contributed by atoms with E-state index in [1.807, 2.05) is 6.07 Å². The van der Waals surface area contributed by atoms with E-state index < -0.39 is 0 Å². The number of benzene rings is 1. The zero-order chi connectivity index (χ0) is 11.6. The number of aryl methyl sites for hydroxylation is 1. The van der Waals surface area contributed by atoms with Crippen LogP contribution in [0.15, 0.2) is 18.2 Å². The van der Waals surface area contributed by atoms with Crippen LogP contribution in [0.1, 0.15) is 57.4 Å². The van der Waals surface area contributed by atoms with E-state index in [1.54, 1.807) is 12.1 Å². The largest absolute Gasteiger partial charge is 0.206 e. The third kappa shape index (κ3) is 5.89. The molecule has 0 saturated carbocycles. The third-order valence-corrected chi connectivity index (χ3v) is 2.90. The maximum Gasteiger partial charge on any atom is 0.131 e. The van der Waals surface area contributed by atoms with Gasteiger partial charge in [0.1, 0.15) is 5.82 Å². The van der Waals surface area contributed by atoms with Crippen molar-refractivity contribution < 1.29 is 4.39 Å². The van der Waals surface area contributed by atoms with E-state index >= 15 is 0 Å². The molecule has 0 aliphatic heterocycles. The van der Waals surface area contributed by atoms with Crippen molar-refractivity contribution in [1.29, 1.82) is 0 Å². The van der Waals surface area contributed by atoms with Crippen LogP contribution in [0.4, 0.5) is 4.39 Å². The zero-order valence-corrected chi connectivity index (χ0v) is 10.3. The molecule has 0 nitrogen and oxygen atoms in total. The second-order valence-electron chi connectivity index (χ2n) is 4.42. The lowest BCUT2D eigenvalue weighted by Crippen LogP contribution is -1.87. The average Bonchev–Trinajstić information content (AvgIpc) is 2.28. The minimum absolute atomic E-state index is 0.236. The number of hydrogen-bond donors (Lipinski definition) is 0. The maximum absolute atomic E-state index is 12.8. The van der Waals surface area contributed by atoms with E-state index in [0.717, 1.165) is 12.0 Å². The molecule has 0 atom stereocenters. The molecule has 1 aromatic rings. The third-order valence-electron chi connectivity index (χ3n) is 2.90. The van der Waals surface area contributed by atoms with Crippen LogP contribution in [0.2, 0.25) is 0 Å². The summed E-state index contributed by atoms with van der Waals surface area (Å²) in [7, 11) is 0. The standard InChI is InChI=1S/C15H22F/c1-2-3-4-5-6-7-8-10-14-11-9-12-15(16)13-14/h9,11,13H,2-8,10H2,1H3. The fourth-order valence-corrected chi connectivity index (χ4v) is 1.92. The van der Waals surface area contributed by atoms with Gasteiger partial charge in [0.2, 0.25) is 0 Å². The second-order valence-corrected chi connectivity index (χ2v) is 4.42. The molecule has 0 heterocycles. The number of unbranched alkanes of at least 4 members (excludes halogenated alkanes) is 6. The summed E-state index contributed by atoms with van der Waals surface area (Å²) in [5.41, 5.74) is 1.10. The van der Waals surface area contributed by atoms with Crippen LogP contribution in [0.25, 0.3) is 0 Å². The molecule has 0 spiro atoms. The lowest BCUT2D eigenvalue weighted by Gasteiger charge is -2.02. The highest BCUT2D eigenvalue weighted by molar-refractivity contribution is 5.15. The molecule has 0 aliphatic carbocycles. The molecule has 0 amide bonds. The van der Waals surface area contributed by atoms with Crippen molar-refractivity contribution >= 4 is 0 Å². The molecule has 1 radical (unpaired) electrons. The van der Waals surface area contributed by atoms with Gasteiger partial charge in [-0.05, 0) is 24.5 Å². The molecular weight excluding hydrogens is 199 g/mol. The normalized spacial score (nSPS) is 10.6. The Morgan fingerprint density at radius 3 is 2.44 bits per heavy atom. The molecule has 1 aromatic carbocycles. The predicted octanol–water partition coefficient (Wildman–Crippen LogP) is 4.92. The smallest absolute Gasteiger partial charge is 0.131 e. The van der Waals surface area contributed by atoms with Crippen molar-refractivity contribution in [3.63, 3.8) is 0 Å². The van der Waals surface area contributed by atoms with Crippen LogP contribution in [0.5, 0.6) is 0 Å². The van der Waals surface area contributed by atoms with Crippen molar-refractivity contribution in [2.75, 3.05) is 0 Å². The zero-order valence-electron chi connectivity index (χ0n) is 10.3. The van der Waals surface area contributed by atoms with E-state index in [1.165, 1.54) is 44.9 Å². The summed E-state index contributed by atoms with van der Waals surface area (Å²) in [5, 5.41) is 0. The number of hydrogen-bond acceptors (Lipinski definition) is 0. The van der Waals surface area contributed by atoms with Crippen LogP contribution < -0.4 is 0 Å². The molecule has 0 aromatic heterocycles. The maximum atomic E-state index is 12.8. The van der Waals surface area contributed by atoms with Gasteiger partial charge in [0.05, 0.1) is 0 Å². The number of halogens is 1. The summed E-state index contributed by atoms with van der Waals surface area (Å²) in [6.07, 6.45) is 10.1. The first-order valence-corrected chi connectivity index (χ1v) is 6.49. The summed E-state index contributed by atoms with van der Waals surface area (Å²) in [5.74, 6) is -0.236.